The fourth-order valence-electron chi connectivity index (χ4n) is 4.49. The predicted molar refractivity (Wildman–Crippen MR) is 117 cm³/mol. The number of nitrogens with one attached hydrogen (secondary N) is 1. The predicted octanol–water partition coefficient (Wildman–Crippen LogP) is 3.79. The van der Waals surface area contributed by atoms with Gasteiger partial charge in [0.05, 0.1) is 11.1 Å². The van der Waals surface area contributed by atoms with Crippen LogP contribution in [0.25, 0.3) is 0 Å². The van der Waals surface area contributed by atoms with Crippen LogP contribution in [0.1, 0.15) is 46.4 Å². The molecule has 4 rings (SSSR count). The van der Waals surface area contributed by atoms with Crippen LogP contribution in [0, 0.1) is 11.8 Å². The van der Waals surface area contributed by atoms with Crippen molar-refractivity contribution >= 4 is 29.1 Å². The Bertz CT molecular complexity index is 933. The molecular weight excluding hydrogens is 378 g/mol. The zero-order chi connectivity index (χ0) is 21.3. The minimum absolute atomic E-state index is 0.0259. The van der Waals surface area contributed by atoms with E-state index in [1.807, 2.05) is 43.3 Å². The quantitative estimate of drug-likeness (QED) is 0.769. The van der Waals surface area contributed by atoms with Crippen molar-refractivity contribution in [2.24, 2.45) is 11.8 Å². The molecule has 3 amide bonds. The maximum atomic E-state index is 13.0. The van der Waals surface area contributed by atoms with E-state index in [2.05, 4.69) is 5.32 Å². The Morgan fingerprint density at radius 1 is 0.967 bits per heavy atom. The van der Waals surface area contributed by atoms with Crippen LogP contribution >= 0.6 is 0 Å². The Labute approximate surface area is 176 Å². The summed E-state index contributed by atoms with van der Waals surface area (Å²) in [5.41, 5.74) is 2.74. The van der Waals surface area contributed by atoms with E-state index < -0.39 is 0 Å². The van der Waals surface area contributed by atoms with E-state index in [1.54, 1.807) is 24.3 Å². The smallest absolute Gasteiger partial charge is 0.261 e. The molecule has 1 heterocycles. The number of benzene rings is 2. The molecule has 156 valence electrons. The summed E-state index contributed by atoms with van der Waals surface area (Å²) in [6.45, 7) is 0.296. The lowest BCUT2D eigenvalue weighted by molar-refractivity contribution is -0.122. The van der Waals surface area contributed by atoms with Gasteiger partial charge < -0.3 is 10.2 Å². The molecule has 30 heavy (non-hydrogen) atoms. The number of fused-ring (bicyclic) bond motifs is 1. The first-order valence-electron chi connectivity index (χ1n) is 10.5. The Morgan fingerprint density at radius 2 is 1.57 bits per heavy atom. The molecule has 1 aliphatic carbocycles. The molecule has 1 saturated carbocycles. The average molecular weight is 405 g/mol. The molecule has 0 spiro atoms. The Kier molecular flexibility index (Phi) is 5.57. The zero-order valence-corrected chi connectivity index (χ0v) is 17.4. The molecule has 0 saturated heterocycles. The number of hydrogen-bond donors (Lipinski definition) is 1. The van der Waals surface area contributed by atoms with Gasteiger partial charge >= 0.3 is 0 Å². The van der Waals surface area contributed by atoms with Crippen molar-refractivity contribution in [3.63, 3.8) is 0 Å². The number of hydrogen-bond acceptors (Lipinski definition) is 4. The maximum Gasteiger partial charge on any atom is 0.261 e. The average Bonchev–Trinajstić information content (AvgIpc) is 2.99. The number of carbonyl (C=O) groups excluding carboxylic acids is 3. The van der Waals surface area contributed by atoms with E-state index in [0.717, 1.165) is 37.1 Å². The second kappa shape index (κ2) is 8.30. The summed E-state index contributed by atoms with van der Waals surface area (Å²) in [6.07, 6.45) is 3.60. The summed E-state index contributed by atoms with van der Waals surface area (Å²) in [7, 11) is 3.94. The third kappa shape index (κ3) is 3.82. The standard InChI is InChI=1S/C24H27N3O3/c1-26(2)18-13-11-17(12-14-18)25-22(28)19-8-4-3-7-16(19)15-27-23(29)20-9-5-6-10-21(20)24(27)30/h5-6,9-14,16,19H,3-4,7-8,15H2,1-2H3,(H,25,28). The Hall–Kier alpha value is -3.15. The van der Waals surface area contributed by atoms with Crippen LogP contribution in [-0.4, -0.2) is 43.3 Å². The first-order chi connectivity index (χ1) is 14.5. The van der Waals surface area contributed by atoms with E-state index in [4.69, 9.17) is 0 Å². The first-order valence-corrected chi connectivity index (χ1v) is 10.5. The Balaban J connectivity index is 1.46. The summed E-state index contributed by atoms with van der Waals surface area (Å²) >= 11 is 0. The van der Waals surface area contributed by atoms with Crippen molar-refractivity contribution in [2.75, 3.05) is 30.9 Å². The summed E-state index contributed by atoms with van der Waals surface area (Å²) in [6, 6.07) is 14.7. The summed E-state index contributed by atoms with van der Waals surface area (Å²) in [5.74, 6) is -0.772. The summed E-state index contributed by atoms with van der Waals surface area (Å²) in [5, 5.41) is 3.03. The lowest BCUT2D eigenvalue weighted by atomic mass is 9.78. The van der Waals surface area contributed by atoms with Crippen LogP contribution in [-0.2, 0) is 4.79 Å². The molecule has 1 fully saturated rings. The molecular formula is C24H27N3O3. The van der Waals surface area contributed by atoms with Crippen LogP contribution in [0.3, 0.4) is 0 Å². The van der Waals surface area contributed by atoms with Crippen molar-refractivity contribution in [3.8, 4) is 0 Å². The number of rotatable bonds is 5. The normalized spacial score (nSPS) is 20.8. The highest BCUT2D eigenvalue weighted by molar-refractivity contribution is 6.21. The van der Waals surface area contributed by atoms with Gasteiger partial charge in [-0.05, 0) is 55.2 Å². The number of amides is 3. The number of imide groups is 1. The van der Waals surface area contributed by atoms with Gasteiger partial charge in [0.25, 0.3) is 11.8 Å². The fourth-order valence-corrected chi connectivity index (χ4v) is 4.49. The van der Waals surface area contributed by atoms with Gasteiger partial charge in [-0.3, -0.25) is 19.3 Å². The molecule has 1 N–H and O–H groups in total. The molecule has 6 nitrogen and oxygen atoms in total. The minimum atomic E-state index is -0.250. The molecule has 2 aliphatic rings. The highest BCUT2D eigenvalue weighted by Gasteiger charge is 2.40. The monoisotopic (exact) mass is 405 g/mol. The van der Waals surface area contributed by atoms with Crippen molar-refractivity contribution in [1.29, 1.82) is 0 Å². The molecule has 2 atom stereocenters. The van der Waals surface area contributed by atoms with E-state index in [1.165, 1.54) is 4.90 Å². The zero-order valence-electron chi connectivity index (χ0n) is 17.4. The second-order valence-corrected chi connectivity index (χ2v) is 8.35. The topological polar surface area (TPSA) is 69.7 Å². The minimum Gasteiger partial charge on any atom is -0.378 e. The van der Waals surface area contributed by atoms with Crippen molar-refractivity contribution in [1.82, 2.24) is 4.90 Å². The lowest BCUT2D eigenvalue weighted by Crippen LogP contribution is -2.41. The van der Waals surface area contributed by atoms with Gasteiger partial charge in [0.15, 0.2) is 0 Å². The molecule has 2 unspecified atom stereocenters. The highest BCUT2D eigenvalue weighted by Crippen LogP contribution is 2.34. The third-order valence-corrected chi connectivity index (χ3v) is 6.19. The van der Waals surface area contributed by atoms with Crippen LogP contribution in [0.15, 0.2) is 48.5 Å². The van der Waals surface area contributed by atoms with Crippen molar-refractivity contribution < 1.29 is 14.4 Å². The van der Waals surface area contributed by atoms with Gasteiger partial charge in [0.2, 0.25) is 5.91 Å². The van der Waals surface area contributed by atoms with Crippen LogP contribution < -0.4 is 10.2 Å². The highest BCUT2D eigenvalue weighted by atomic mass is 16.2. The molecule has 0 aromatic heterocycles. The molecule has 6 heteroatoms. The summed E-state index contributed by atoms with van der Waals surface area (Å²) in [4.78, 5) is 41.8. The van der Waals surface area contributed by atoms with Crippen molar-refractivity contribution in [3.05, 3.63) is 59.7 Å². The van der Waals surface area contributed by atoms with Gasteiger partial charge in [-0.2, -0.15) is 0 Å². The summed E-state index contributed by atoms with van der Waals surface area (Å²) < 4.78 is 0. The lowest BCUT2D eigenvalue weighted by Gasteiger charge is -2.32. The largest absolute Gasteiger partial charge is 0.378 e. The fraction of sp³-hybridized carbons (Fsp3) is 0.375. The number of anilines is 2. The molecule has 0 radical (unpaired) electrons. The molecule has 2 aromatic carbocycles. The van der Waals surface area contributed by atoms with E-state index >= 15 is 0 Å². The van der Waals surface area contributed by atoms with Gasteiger partial charge in [-0.1, -0.05) is 25.0 Å². The van der Waals surface area contributed by atoms with Crippen LogP contribution in [0.2, 0.25) is 0 Å². The Morgan fingerprint density at radius 3 is 2.17 bits per heavy atom. The molecule has 0 bridgehead atoms. The van der Waals surface area contributed by atoms with E-state index in [9.17, 15) is 14.4 Å². The van der Waals surface area contributed by atoms with Gasteiger partial charge in [0, 0.05) is 37.9 Å². The van der Waals surface area contributed by atoms with E-state index in [-0.39, 0.29) is 29.6 Å². The SMILES string of the molecule is CN(C)c1ccc(NC(=O)C2CCCCC2CN2C(=O)c3ccccc3C2=O)cc1. The number of nitrogens with zero attached hydrogens (tertiary/aromatic N) is 2. The van der Waals surface area contributed by atoms with Gasteiger partial charge in [-0.25, -0.2) is 0 Å². The van der Waals surface area contributed by atoms with E-state index in [0.29, 0.717) is 17.7 Å². The van der Waals surface area contributed by atoms with Gasteiger partial charge in [-0.15, -0.1) is 0 Å². The molecule has 1 aliphatic heterocycles. The van der Waals surface area contributed by atoms with Gasteiger partial charge in [0.1, 0.15) is 0 Å². The number of carbonyl (C=O) groups is 3. The first kappa shape index (κ1) is 20.1. The van der Waals surface area contributed by atoms with Crippen LogP contribution in [0.4, 0.5) is 11.4 Å². The molecule has 2 aromatic rings. The second-order valence-electron chi connectivity index (χ2n) is 8.35. The van der Waals surface area contributed by atoms with Crippen molar-refractivity contribution in [2.45, 2.75) is 25.7 Å². The maximum absolute atomic E-state index is 13.0. The third-order valence-electron chi connectivity index (χ3n) is 6.19. The van der Waals surface area contributed by atoms with Crippen LogP contribution in [0.5, 0.6) is 0 Å².